The van der Waals surface area contributed by atoms with Crippen LogP contribution in [0.1, 0.15) is 60.2 Å². The summed E-state index contributed by atoms with van der Waals surface area (Å²) >= 11 is 0. The van der Waals surface area contributed by atoms with Crippen LogP contribution in [-0.4, -0.2) is 66.0 Å². The second kappa shape index (κ2) is 10.7. The molecule has 0 aromatic carbocycles. The Labute approximate surface area is 182 Å². The first kappa shape index (κ1) is 21.7. The quantitative estimate of drug-likeness (QED) is 0.590. The number of hydrogen-bond acceptors (Lipinski definition) is 8. The van der Waals surface area contributed by atoms with Crippen LogP contribution in [0.4, 0.5) is 0 Å². The highest BCUT2D eigenvalue weighted by atomic mass is 16.5. The lowest BCUT2D eigenvalue weighted by Crippen LogP contribution is -2.38. The fraction of sp³-hybridized carbons (Fsp3) is 0.636. The van der Waals surface area contributed by atoms with Crippen molar-refractivity contribution in [3.8, 4) is 5.88 Å². The highest BCUT2D eigenvalue weighted by molar-refractivity contribution is 5.94. The van der Waals surface area contributed by atoms with Gasteiger partial charge in [0.05, 0.1) is 19.3 Å². The molecule has 1 unspecified atom stereocenters. The second-order valence-corrected chi connectivity index (χ2v) is 8.03. The van der Waals surface area contributed by atoms with Crippen LogP contribution in [0.2, 0.25) is 0 Å². The molecule has 2 fully saturated rings. The van der Waals surface area contributed by atoms with Crippen LogP contribution in [0, 0.1) is 5.92 Å². The zero-order chi connectivity index (χ0) is 21.5. The van der Waals surface area contributed by atoms with Crippen LogP contribution in [0.3, 0.4) is 0 Å². The van der Waals surface area contributed by atoms with Gasteiger partial charge in [0, 0.05) is 45.0 Å². The summed E-state index contributed by atoms with van der Waals surface area (Å²) in [6, 6.07) is 3.21. The number of nitrogens with zero attached hydrogens (tertiary/aromatic N) is 4. The number of piperidine rings is 1. The molecule has 0 bridgehead atoms. The van der Waals surface area contributed by atoms with Crippen molar-refractivity contribution in [2.45, 2.75) is 44.6 Å². The van der Waals surface area contributed by atoms with E-state index < -0.39 is 0 Å². The van der Waals surface area contributed by atoms with Gasteiger partial charge in [0.15, 0.2) is 5.82 Å². The molecule has 9 heteroatoms. The molecule has 4 heterocycles. The first-order valence-electron chi connectivity index (χ1n) is 11.0. The van der Waals surface area contributed by atoms with Crippen LogP contribution >= 0.6 is 0 Å². The van der Waals surface area contributed by atoms with E-state index in [0.717, 1.165) is 51.9 Å². The fourth-order valence-corrected chi connectivity index (χ4v) is 4.06. The van der Waals surface area contributed by atoms with E-state index in [1.807, 2.05) is 4.90 Å². The topological polar surface area (TPSA) is 99.8 Å². The van der Waals surface area contributed by atoms with E-state index in [9.17, 15) is 4.79 Å². The molecular weight excluding hydrogens is 400 g/mol. The van der Waals surface area contributed by atoms with Crippen molar-refractivity contribution in [3.05, 3.63) is 35.6 Å². The summed E-state index contributed by atoms with van der Waals surface area (Å²) in [5, 5.41) is 4.11. The van der Waals surface area contributed by atoms with Crippen molar-refractivity contribution in [1.29, 1.82) is 0 Å². The maximum Gasteiger partial charge on any atom is 0.256 e. The standard InChI is InChI=1S/C22H30N4O5/c1-28-20-6-5-17(14-23-20)22(27)26-10-3-2-4-18(26)21-24-19(25-31-21)9-13-30-15-16-7-11-29-12-8-16/h5-6,14,16,18H,2-4,7-13,15H2,1H3. The number of likely N-dealkylation sites (tertiary alicyclic amines) is 1. The van der Waals surface area contributed by atoms with Gasteiger partial charge in [0.25, 0.3) is 5.91 Å². The number of hydrogen-bond donors (Lipinski definition) is 0. The molecule has 0 aliphatic carbocycles. The minimum Gasteiger partial charge on any atom is -0.481 e. The maximum atomic E-state index is 13.1. The molecule has 0 N–H and O–H groups in total. The Balaban J connectivity index is 1.33. The number of rotatable bonds is 8. The largest absolute Gasteiger partial charge is 0.481 e. The lowest BCUT2D eigenvalue weighted by atomic mass is 10.0. The highest BCUT2D eigenvalue weighted by Gasteiger charge is 2.32. The molecule has 2 aromatic rings. The summed E-state index contributed by atoms with van der Waals surface area (Å²) < 4.78 is 21.8. The van der Waals surface area contributed by atoms with Gasteiger partial charge in [-0.15, -0.1) is 0 Å². The van der Waals surface area contributed by atoms with Crippen molar-refractivity contribution in [3.63, 3.8) is 0 Å². The van der Waals surface area contributed by atoms with Crippen LogP contribution in [0.25, 0.3) is 0 Å². The molecule has 2 aliphatic heterocycles. The molecule has 2 aromatic heterocycles. The number of carbonyl (C=O) groups is 1. The number of carbonyl (C=O) groups excluding carboxylic acids is 1. The monoisotopic (exact) mass is 430 g/mol. The van der Waals surface area contributed by atoms with Crippen LogP contribution in [0.15, 0.2) is 22.9 Å². The van der Waals surface area contributed by atoms with E-state index in [-0.39, 0.29) is 11.9 Å². The third kappa shape index (κ3) is 5.59. The van der Waals surface area contributed by atoms with Gasteiger partial charge in [-0.1, -0.05) is 5.16 Å². The summed E-state index contributed by atoms with van der Waals surface area (Å²) in [6.07, 6.45) is 7.02. The number of ether oxygens (including phenoxy) is 3. The molecule has 31 heavy (non-hydrogen) atoms. The number of methoxy groups -OCH3 is 1. The lowest BCUT2D eigenvalue weighted by Gasteiger charge is -2.33. The summed E-state index contributed by atoms with van der Waals surface area (Å²) in [5.41, 5.74) is 0.522. The zero-order valence-corrected chi connectivity index (χ0v) is 18.0. The molecular formula is C22H30N4O5. The third-order valence-corrected chi connectivity index (χ3v) is 5.89. The van der Waals surface area contributed by atoms with Gasteiger partial charge in [0.2, 0.25) is 11.8 Å². The Hall–Kier alpha value is -2.52. The molecule has 1 amide bonds. The maximum absolute atomic E-state index is 13.1. The number of pyridine rings is 1. The molecule has 1 atom stereocenters. The first-order chi connectivity index (χ1) is 15.2. The lowest BCUT2D eigenvalue weighted by molar-refractivity contribution is 0.0211. The second-order valence-electron chi connectivity index (χ2n) is 8.03. The van der Waals surface area contributed by atoms with E-state index in [1.54, 1.807) is 25.4 Å². The van der Waals surface area contributed by atoms with Gasteiger partial charge in [-0.3, -0.25) is 4.79 Å². The van der Waals surface area contributed by atoms with Crippen molar-refractivity contribution in [2.75, 3.05) is 40.1 Å². The molecule has 2 aliphatic rings. The Morgan fingerprint density at radius 2 is 2.10 bits per heavy atom. The summed E-state index contributed by atoms with van der Waals surface area (Å²) in [4.78, 5) is 23.6. The van der Waals surface area contributed by atoms with Gasteiger partial charge in [-0.2, -0.15) is 4.98 Å². The third-order valence-electron chi connectivity index (χ3n) is 5.89. The van der Waals surface area contributed by atoms with E-state index in [2.05, 4.69) is 15.1 Å². The highest BCUT2D eigenvalue weighted by Crippen LogP contribution is 2.31. The molecule has 4 rings (SSSR count). The Bertz CT molecular complexity index is 835. The predicted molar refractivity (Wildman–Crippen MR) is 111 cm³/mol. The summed E-state index contributed by atoms with van der Waals surface area (Å²) in [6.45, 7) is 3.61. The van der Waals surface area contributed by atoms with Crippen molar-refractivity contribution >= 4 is 5.91 Å². The Morgan fingerprint density at radius 1 is 1.23 bits per heavy atom. The van der Waals surface area contributed by atoms with Gasteiger partial charge >= 0.3 is 0 Å². The van der Waals surface area contributed by atoms with E-state index in [4.69, 9.17) is 18.7 Å². The molecule has 168 valence electrons. The first-order valence-corrected chi connectivity index (χ1v) is 11.0. The molecule has 2 saturated heterocycles. The smallest absolute Gasteiger partial charge is 0.256 e. The van der Waals surface area contributed by atoms with Crippen molar-refractivity contribution in [1.82, 2.24) is 20.0 Å². The average molecular weight is 431 g/mol. The van der Waals surface area contributed by atoms with E-state index in [1.165, 1.54) is 0 Å². The Kier molecular flexibility index (Phi) is 7.48. The van der Waals surface area contributed by atoms with Gasteiger partial charge in [0.1, 0.15) is 6.04 Å². The van der Waals surface area contributed by atoms with Crippen LogP contribution in [-0.2, 0) is 15.9 Å². The Morgan fingerprint density at radius 3 is 2.87 bits per heavy atom. The van der Waals surface area contributed by atoms with Crippen LogP contribution < -0.4 is 4.74 Å². The molecule has 9 nitrogen and oxygen atoms in total. The SMILES string of the molecule is COc1ccc(C(=O)N2CCCCC2c2nc(CCOCC3CCOCC3)no2)cn1. The summed E-state index contributed by atoms with van der Waals surface area (Å²) in [5.74, 6) is 2.08. The van der Waals surface area contributed by atoms with E-state index in [0.29, 0.717) is 48.6 Å². The van der Waals surface area contributed by atoms with Crippen molar-refractivity contribution < 1.29 is 23.5 Å². The molecule has 0 spiro atoms. The minimum absolute atomic E-state index is 0.0839. The normalized spacial score (nSPS) is 20.0. The van der Waals surface area contributed by atoms with E-state index >= 15 is 0 Å². The van der Waals surface area contributed by atoms with Gasteiger partial charge < -0.3 is 23.6 Å². The summed E-state index contributed by atoms with van der Waals surface area (Å²) in [7, 11) is 1.55. The van der Waals surface area contributed by atoms with Gasteiger partial charge in [-0.25, -0.2) is 4.98 Å². The number of amides is 1. The fourth-order valence-electron chi connectivity index (χ4n) is 4.06. The molecule has 0 saturated carbocycles. The predicted octanol–water partition coefficient (Wildman–Crippen LogP) is 2.83. The molecule has 0 radical (unpaired) electrons. The van der Waals surface area contributed by atoms with Gasteiger partial charge in [-0.05, 0) is 44.1 Å². The number of aromatic nitrogens is 3. The van der Waals surface area contributed by atoms with Crippen molar-refractivity contribution in [2.24, 2.45) is 5.92 Å². The zero-order valence-electron chi connectivity index (χ0n) is 18.0. The van der Waals surface area contributed by atoms with Crippen LogP contribution in [0.5, 0.6) is 5.88 Å². The minimum atomic E-state index is -0.215. The average Bonchev–Trinajstić information content (AvgIpc) is 3.31.